The lowest BCUT2D eigenvalue weighted by atomic mass is 10.1. The summed E-state index contributed by atoms with van der Waals surface area (Å²) in [5.41, 5.74) is 3.21. The van der Waals surface area contributed by atoms with E-state index in [4.69, 9.17) is 4.42 Å². The molecule has 1 aliphatic heterocycles. The molecule has 3 rings (SSSR count). The molecule has 0 bridgehead atoms. The molecule has 1 amide bonds. The van der Waals surface area contributed by atoms with Crippen LogP contribution in [0.3, 0.4) is 0 Å². The lowest BCUT2D eigenvalue weighted by Gasteiger charge is -2.20. The highest BCUT2D eigenvalue weighted by Gasteiger charge is 2.17. The molecule has 4 heteroatoms. The van der Waals surface area contributed by atoms with E-state index >= 15 is 0 Å². The highest BCUT2D eigenvalue weighted by Crippen LogP contribution is 2.24. The Morgan fingerprint density at radius 3 is 2.73 bits per heavy atom. The fraction of sp³-hybridized carbons (Fsp3) is 0.389. The summed E-state index contributed by atoms with van der Waals surface area (Å²) in [6.07, 6.45) is 4.06. The maximum Gasteiger partial charge on any atom is 0.287 e. The Morgan fingerprint density at radius 1 is 1.27 bits per heavy atom. The minimum Gasteiger partial charge on any atom is -0.459 e. The van der Waals surface area contributed by atoms with Crippen LogP contribution in [0.2, 0.25) is 0 Å². The monoisotopic (exact) mass is 298 g/mol. The molecular formula is C18H22N2O2. The van der Waals surface area contributed by atoms with E-state index in [-0.39, 0.29) is 11.9 Å². The van der Waals surface area contributed by atoms with E-state index in [2.05, 4.69) is 34.5 Å². The van der Waals surface area contributed by atoms with Gasteiger partial charge in [-0.3, -0.25) is 4.79 Å². The van der Waals surface area contributed by atoms with E-state index in [1.54, 1.807) is 12.3 Å². The van der Waals surface area contributed by atoms with Crippen molar-refractivity contribution in [3.8, 4) is 0 Å². The number of aryl methyl sites for hydroxylation is 1. The summed E-state index contributed by atoms with van der Waals surface area (Å²) in [7, 11) is 0. The quantitative estimate of drug-likeness (QED) is 0.936. The zero-order chi connectivity index (χ0) is 15.5. The third kappa shape index (κ3) is 3.01. The minimum absolute atomic E-state index is 0.0560. The normalized spacial score (nSPS) is 15.8. The van der Waals surface area contributed by atoms with E-state index < -0.39 is 0 Å². The second-order valence-electron chi connectivity index (χ2n) is 5.92. The molecule has 116 valence electrons. The van der Waals surface area contributed by atoms with Gasteiger partial charge in [-0.1, -0.05) is 12.1 Å². The van der Waals surface area contributed by atoms with Gasteiger partial charge in [0.15, 0.2) is 5.76 Å². The first-order valence-corrected chi connectivity index (χ1v) is 7.85. The third-order valence-electron chi connectivity index (χ3n) is 4.26. The molecule has 1 N–H and O–H groups in total. The summed E-state index contributed by atoms with van der Waals surface area (Å²) in [5, 5.41) is 3.01. The first-order valence-electron chi connectivity index (χ1n) is 7.85. The lowest BCUT2D eigenvalue weighted by Crippen LogP contribution is -2.27. The highest BCUT2D eigenvalue weighted by atomic mass is 16.3. The molecule has 22 heavy (non-hydrogen) atoms. The SMILES string of the molecule is Cc1ccoc1C(=O)NC(C)c1cccc(N2CCCC2)c1. The first kappa shape index (κ1) is 14.7. The smallest absolute Gasteiger partial charge is 0.287 e. The molecule has 1 aliphatic rings. The van der Waals surface area contributed by atoms with Crippen molar-refractivity contribution >= 4 is 11.6 Å². The predicted octanol–water partition coefficient (Wildman–Crippen LogP) is 3.68. The minimum atomic E-state index is -0.165. The van der Waals surface area contributed by atoms with Crippen molar-refractivity contribution < 1.29 is 9.21 Å². The summed E-state index contributed by atoms with van der Waals surface area (Å²) in [5.74, 6) is 0.226. The average molecular weight is 298 g/mol. The van der Waals surface area contributed by atoms with Gasteiger partial charge in [0.1, 0.15) is 0 Å². The maximum absolute atomic E-state index is 12.2. The Morgan fingerprint density at radius 2 is 2.05 bits per heavy atom. The van der Waals surface area contributed by atoms with Crippen molar-refractivity contribution in [2.45, 2.75) is 32.7 Å². The summed E-state index contributed by atoms with van der Waals surface area (Å²) in [4.78, 5) is 14.6. The summed E-state index contributed by atoms with van der Waals surface area (Å²) in [6.45, 7) is 6.11. The number of amides is 1. The average Bonchev–Trinajstić information content (AvgIpc) is 3.18. The highest BCUT2D eigenvalue weighted by molar-refractivity contribution is 5.93. The number of hydrogen-bond donors (Lipinski definition) is 1. The molecule has 2 aromatic rings. The van der Waals surface area contributed by atoms with Crippen LogP contribution in [0.1, 0.15) is 47.5 Å². The number of hydrogen-bond acceptors (Lipinski definition) is 3. The number of rotatable bonds is 4. The molecule has 0 aliphatic carbocycles. The molecule has 1 aromatic heterocycles. The van der Waals surface area contributed by atoms with E-state index in [0.29, 0.717) is 5.76 Å². The van der Waals surface area contributed by atoms with Crippen LogP contribution in [0.15, 0.2) is 41.0 Å². The second kappa shape index (κ2) is 6.26. The Balaban J connectivity index is 1.72. The molecule has 4 nitrogen and oxygen atoms in total. The van der Waals surface area contributed by atoms with Crippen molar-refractivity contribution in [3.63, 3.8) is 0 Å². The Labute approximate surface area is 131 Å². The van der Waals surface area contributed by atoms with Gasteiger partial charge in [-0.25, -0.2) is 0 Å². The van der Waals surface area contributed by atoms with Crippen LogP contribution in [0.25, 0.3) is 0 Å². The van der Waals surface area contributed by atoms with Gasteiger partial charge >= 0.3 is 0 Å². The number of nitrogens with zero attached hydrogens (tertiary/aromatic N) is 1. The van der Waals surface area contributed by atoms with Crippen LogP contribution in [0, 0.1) is 6.92 Å². The number of furan rings is 1. The van der Waals surface area contributed by atoms with Gasteiger partial charge in [0.2, 0.25) is 0 Å². The van der Waals surface area contributed by atoms with Gasteiger partial charge in [0.25, 0.3) is 5.91 Å². The molecule has 0 radical (unpaired) electrons. The summed E-state index contributed by atoms with van der Waals surface area (Å²) < 4.78 is 5.25. The Bertz CT molecular complexity index is 657. The van der Waals surface area contributed by atoms with Gasteiger partial charge in [-0.05, 0) is 50.5 Å². The third-order valence-corrected chi connectivity index (χ3v) is 4.26. The largest absolute Gasteiger partial charge is 0.459 e. The van der Waals surface area contributed by atoms with Crippen molar-refractivity contribution in [2.24, 2.45) is 0 Å². The standard InChI is InChI=1S/C18H22N2O2/c1-13-8-11-22-17(13)18(21)19-14(2)15-6-5-7-16(12-15)20-9-3-4-10-20/h5-8,11-12,14H,3-4,9-10H2,1-2H3,(H,19,21). The number of benzene rings is 1. The molecule has 1 unspecified atom stereocenters. The fourth-order valence-electron chi connectivity index (χ4n) is 2.92. The van der Waals surface area contributed by atoms with E-state index in [1.165, 1.54) is 18.5 Å². The Hall–Kier alpha value is -2.23. The van der Waals surface area contributed by atoms with Crippen molar-refractivity contribution in [1.29, 1.82) is 0 Å². The molecule has 0 saturated carbocycles. The Kier molecular flexibility index (Phi) is 4.18. The van der Waals surface area contributed by atoms with Crippen LogP contribution < -0.4 is 10.2 Å². The van der Waals surface area contributed by atoms with E-state index in [1.807, 2.05) is 13.8 Å². The molecule has 2 heterocycles. The molecular weight excluding hydrogens is 276 g/mol. The van der Waals surface area contributed by atoms with Crippen LogP contribution >= 0.6 is 0 Å². The van der Waals surface area contributed by atoms with Crippen molar-refractivity contribution in [1.82, 2.24) is 5.32 Å². The van der Waals surface area contributed by atoms with Gasteiger partial charge in [0.05, 0.1) is 12.3 Å². The predicted molar refractivity (Wildman–Crippen MR) is 87.2 cm³/mol. The number of carbonyl (C=O) groups is 1. The zero-order valence-corrected chi connectivity index (χ0v) is 13.1. The van der Waals surface area contributed by atoms with Crippen LogP contribution in [0.5, 0.6) is 0 Å². The maximum atomic E-state index is 12.2. The van der Waals surface area contributed by atoms with Gasteiger partial charge < -0.3 is 14.6 Å². The molecule has 1 aromatic carbocycles. The van der Waals surface area contributed by atoms with Gasteiger partial charge in [-0.15, -0.1) is 0 Å². The fourth-order valence-corrected chi connectivity index (χ4v) is 2.92. The summed E-state index contributed by atoms with van der Waals surface area (Å²) in [6, 6.07) is 10.2. The zero-order valence-electron chi connectivity index (χ0n) is 13.1. The van der Waals surface area contributed by atoms with E-state index in [9.17, 15) is 4.79 Å². The lowest BCUT2D eigenvalue weighted by molar-refractivity contribution is 0.0911. The topological polar surface area (TPSA) is 45.5 Å². The number of anilines is 1. The number of carbonyl (C=O) groups excluding carboxylic acids is 1. The van der Waals surface area contributed by atoms with Crippen LogP contribution in [-0.2, 0) is 0 Å². The molecule has 1 fully saturated rings. The summed E-state index contributed by atoms with van der Waals surface area (Å²) >= 11 is 0. The molecule has 1 atom stereocenters. The van der Waals surface area contributed by atoms with Crippen molar-refractivity contribution in [2.75, 3.05) is 18.0 Å². The first-order chi connectivity index (χ1) is 10.6. The van der Waals surface area contributed by atoms with Gasteiger partial charge in [-0.2, -0.15) is 0 Å². The van der Waals surface area contributed by atoms with Crippen LogP contribution in [0.4, 0.5) is 5.69 Å². The second-order valence-corrected chi connectivity index (χ2v) is 5.92. The molecule has 0 spiro atoms. The molecule has 1 saturated heterocycles. The number of nitrogens with one attached hydrogen (secondary N) is 1. The van der Waals surface area contributed by atoms with Crippen LogP contribution in [-0.4, -0.2) is 19.0 Å². The van der Waals surface area contributed by atoms with Gasteiger partial charge in [0, 0.05) is 24.3 Å². The van der Waals surface area contributed by atoms with E-state index in [0.717, 1.165) is 24.2 Å². The van der Waals surface area contributed by atoms with Crippen molar-refractivity contribution in [3.05, 3.63) is 53.5 Å².